The van der Waals surface area contributed by atoms with E-state index in [1.807, 2.05) is 41.0 Å². The molecule has 7 aromatic carbocycles. The summed E-state index contributed by atoms with van der Waals surface area (Å²) in [6.07, 6.45) is 3.51. The molecular formula is C55H47AgClN5O4P2+2. The number of nitrogens with zero attached hydrogens (tertiary/aromatic N) is 5. The Morgan fingerprint density at radius 1 is 0.353 bits per heavy atom. The summed E-state index contributed by atoms with van der Waals surface area (Å²) in [4.78, 5) is 8.83. The molecule has 9 nitrogen and oxygen atoms in total. The first-order valence-corrected chi connectivity index (χ1v) is 25.5. The molecule has 342 valence electrons. The van der Waals surface area contributed by atoms with Crippen molar-refractivity contribution in [2.45, 2.75) is 6.92 Å². The fourth-order valence-corrected chi connectivity index (χ4v) is 12.3. The van der Waals surface area contributed by atoms with Crippen LogP contribution in [-0.4, -0.2) is 24.7 Å². The Balaban J connectivity index is 0.000000160. The van der Waals surface area contributed by atoms with E-state index in [0.717, 1.165) is 17.1 Å². The maximum absolute atomic E-state index is 8.49. The van der Waals surface area contributed by atoms with Gasteiger partial charge < -0.3 is 0 Å². The van der Waals surface area contributed by atoms with E-state index in [2.05, 4.69) is 233 Å². The van der Waals surface area contributed by atoms with Crippen LogP contribution < -0.4 is 50.5 Å². The van der Waals surface area contributed by atoms with Gasteiger partial charge in [-0.25, -0.2) is 18.6 Å². The van der Waals surface area contributed by atoms with Crippen LogP contribution in [0.5, 0.6) is 0 Å². The van der Waals surface area contributed by atoms with Crippen LogP contribution in [0.25, 0.3) is 28.7 Å². The van der Waals surface area contributed by atoms with Crippen LogP contribution in [0.3, 0.4) is 0 Å². The molecule has 0 N–H and O–H groups in total. The number of rotatable bonds is 9. The van der Waals surface area contributed by atoms with Crippen molar-refractivity contribution >= 4 is 47.7 Å². The van der Waals surface area contributed by atoms with Gasteiger partial charge in [0.2, 0.25) is 0 Å². The molecule has 0 amide bonds. The van der Waals surface area contributed by atoms with Crippen molar-refractivity contribution in [3.05, 3.63) is 261 Å². The Morgan fingerprint density at radius 3 is 0.838 bits per heavy atom. The van der Waals surface area contributed by atoms with E-state index in [1.54, 1.807) is 12.4 Å². The number of benzene rings is 7. The maximum Gasteiger partial charge on any atom is 1.00 e. The van der Waals surface area contributed by atoms with E-state index in [-0.39, 0.29) is 22.4 Å². The van der Waals surface area contributed by atoms with Crippen molar-refractivity contribution < 1.29 is 51.3 Å². The van der Waals surface area contributed by atoms with Gasteiger partial charge in [0.25, 0.3) is 0 Å². The third-order valence-electron chi connectivity index (χ3n) is 10.1. The van der Waals surface area contributed by atoms with Crippen LogP contribution in [0.2, 0.25) is 0 Å². The number of halogens is 1. The largest absolute Gasteiger partial charge is 1.00 e. The predicted molar refractivity (Wildman–Crippen MR) is 266 cm³/mol. The first-order chi connectivity index (χ1) is 32.7. The van der Waals surface area contributed by atoms with Crippen LogP contribution in [0.1, 0.15) is 5.56 Å². The molecule has 0 bridgehead atoms. The summed E-state index contributed by atoms with van der Waals surface area (Å²) in [6, 6.07) is 84.7. The standard InChI is InChI=1S/C19H15N5.2C18H15P.Ag.ClHO4/c1-14-8-10-15(11-9-14)24-18(16-6-2-4-12-20-16)22-23-19(24)17-7-3-5-13-21-17;2*1-4-10-16(11-5-1)19(17-12-6-2-7-13-17)18-14-8-3-9-15-18;;2-1(3,4)5/h2-13H,1H3;2*1-15H;;(H,2,3,4,5)/q;;;+1;/p+1. The van der Waals surface area contributed by atoms with Crippen molar-refractivity contribution in [1.82, 2.24) is 24.7 Å². The van der Waals surface area contributed by atoms with Gasteiger partial charge in [0.1, 0.15) is 43.2 Å². The van der Waals surface area contributed by atoms with Crippen molar-refractivity contribution in [3.8, 4) is 28.7 Å². The zero-order chi connectivity index (χ0) is 46.7. The minimum Gasteiger partial charge on any atom is -0.272 e. The molecule has 0 fully saturated rings. The molecule has 3 aromatic heterocycles. The van der Waals surface area contributed by atoms with Gasteiger partial charge in [-0.1, -0.05) is 139 Å². The minimum absolute atomic E-state index is 0. The van der Waals surface area contributed by atoms with Crippen LogP contribution in [0.15, 0.2) is 255 Å². The van der Waals surface area contributed by atoms with Gasteiger partial charge in [0, 0.05) is 18.1 Å². The zero-order valence-electron chi connectivity index (χ0n) is 36.8. The molecular weight excluding hydrogens is 1000 g/mol. The molecule has 0 aliphatic heterocycles. The third-order valence-corrected chi connectivity index (χ3v) is 15.6. The van der Waals surface area contributed by atoms with Gasteiger partial charge in [-0.2, -0.15) is 0 Å². The summed E-state index contributed by atoms with van der Waals surface area (Å²) in [5.74, 6) is 1.39. The van der Waals surface area contributed by atoms with E-state index >= 15 is 0 Å². The average Bonchev–Trinajstić information content (AvgIpc) is 3.82. The number of hydrogen-bond donors (Lipinski definition) is 0. The molecule has 13 heteroatoms. The molecule has 3 heterocycles. The van der Waals surface area contributed by atoms with Gasteiger partial charge in [0.05, 0.1) is 15.8 Å². The van der Waals surface area contributed by atoms with E-state index in [1.165, 1.54) is 37.4 Å². The summed E-state index contributed by atoms with van der Waals surface area (Å²) < 4.78 is 36.0. The number of hydrogen-bond acceptors (Lipinski definition) is 8. The summed E-state index contributed by atoms with van der Waals surface area (Å²) in [7, 11) is -6.70. The topological polar surface area (TPSA) is 149 Å². The van der Waals surface area contributed by atoms with E-state index in [4.69, 9.17) is 18.6 Å². The molecule has 0 saturated carbocycles. The summed E-state index contributed by atoms with van der Waals surface area (Å²) in [5.41, 5.74) is 3.72. The van der Waals surface area contributed by atoms with Crippen molar-refractivity contribution in [3.63, 3.8) is 0 Å². The maximum atomic E-state index is 8.49. The monoisotopic (exact) mass is 1050 g/mol. The van der Waals surface area contributed by atoms with Gasteiger partial charge in [-0.15, -0.1) is 20.4 Å². The second-order valence-electron chi connectivity index (χ2n) is 14.8. The molecule has 10 rings (SSSR count). The van der Waals surface area contributed by atoms with Gasteiger partial charge in [-0.3, -0.25) is 14.5 Å². The quantitative estimate of drug-likeness (QED) is 0.140. The van der Waals surface area contributed by atoms with E-state index in [9.17, 15) is 0 Å². The van der Waals surface area contributed by atoms with E-state index in [0.29, 0.717) is 11.6 Å². The third kappa shape index (κ3) is 15.1. The van der Waals surface area contributed by atoms with Crippen molar-refractivity contribution in [2.75, 3.05) is 0 Å². The van der Waals surface area contributed by atoms with E-state index < -0.39 is 26.1 Å². The molecule has 0 unspecified atom stereocenters. The first-order valence-electron chi connectivity index (χ1n) is 21.3. The van der Waals surface area contributed by atoms with Crippen molar-refractivity contribution in [1.29, 1.82) is 0 Å². The number of pyridine rings is 2. The molecule has 0 aliphatic carbocycles. The Kier molecular flexibility index (Phi) is 19.8. The normalized spacial score (nSPS) is 10.6. The Bertz CT molecular complexity index is 2580. The summed E-state index contributed by atoms with van der Waals surface area (Å²) in [6.45, 7) is 2.06. The van der Waals surface area contributed by atoms with Crippen LogP contribution in [0.4, 0.5) is 0 Å². The summed E-state index contributed by atoms with van der Waals surface area (Å²) >= 11 is 0. The Hall–Kier alpha value is -6.29. The molecule has 0 atom stereocenters. The van der Waals surface area contributed by atoms with Gasteiger partial charge in [-0.05, 0) is 116 Å². The predicted octanol–water partition coefficient (Wildman–Crippen LogP) is 5.30. The molecule has 0 saturated heterocycles. The second-order valence-corrected chi connectivity index (χ2v) is 20.5. The molecule has 0 aliphatic rings. The SMILES string of the molecule is Cc1ccc(-n2c(-c3ccccn3)nnc2-c2ccccn2)cc1.[Ag+].[O-][Cl+3]([O-])([O-])[O-].c1ccc([PH+](c2ccccc2)c2ccccc2)cc1.c1ccc([PH+](c2ccccc2)c2ccccc2)cc1. The minimum atomic E-state index is -4.94. The first kappa shape index (κ1) is 51.1. The fourth-order valence-electron chi connectivity index (χ4n) is 7.17. The van der Waals surface area contributed by atoms with Crippen LogP contribution in [-0.2, 0) is 22.4 Å². The van der Waals surface area contributed by atoms with Crippen LogP contribution in [0, 0.1) is 17.2 Å². The molecule has 68 heavy (non-hydrogen) atoms. The Morgan fingerprint density at radius 2 is 0.603 bits per heavy atom. The second kappa shape index (κ2) is 26.3. The zero-order valence-corrected chi connectivity index (χ0v) is 41.0. The number of aromatic nitrogens is 5. The summed E-state index contributed by atoms with van der Waals surface area (Å²) in [5, 5.41) is 17.4. The molecule has 10 aromatic rings. The van der Waals surface area contributed by atoms with Gasteiger partial charge >= 0.3 is 22.4 Å². The van der Waals surface area contributed by atoms with Crippen LogP contribution >= 0.6 is 15.8 Å². The van der Waals surface area contributed by atoms with Crippen molar-refractivity contribution in [2.24, 2.45) is 0 Å². The number of aryl methyl sites for hydroxylation is 1. The van der Waals surface area contributed by atoms with Gasteiger partial charge in [0.15, 0.2) is 11.6 Å². The average molecular weight is 1050 g/mol. The Labute approximate surface area is 417 Å². The molecule has 0 radical (unpaired) electrons. The smallest absolute Gasteiger partial charge is 0.272 e. The fraction of sp³-hybridized carbons (Fsp3) is 0.0182. The molecule has 0 spiro atoms.